The molecule has 0 spiro atoms. The van der Waals surface area contributed by atoms with E-state index in [1.165, 1.54) is 0 Å². The third-order valence-corrected chi connectivity index (χ3v) is 2.49. The standard InChI is InChI=1S/C9H11N3O5/c1-2-7-10-8(17-11-7)4-16-9(13)5-3-6(5)12(14)15/h5-6H,2-4H2,1H3. The van der Waals surface area contributed by atoms with Crippen molar-refractivity contribution in [3.05, 3.63) is 21.8 Å². The Morgan fingerprint density at radius 2 is 2.47 bits per heavy atom. The monoisotopic (exact) mass is 241 g/mol. The van der Waals surface area contributed by atoms with E-state index in [2.05, 4.69) is 10.1 Å². The summed E-state index contributed by atoms with van der Waals surface area (Å²) in [5, 5.41) is 14.0. The molecular weight excluding hydrogens is 230 g/mol. The van der Waals surface area contributed by atoms with Crippen molar-refractivity contribution in [2.24, 2.45) is 5.92 Å². The van der Waals surface area contributed by atoms with Crippen molar-refractivity contribution in [2.75, 3.05) is 0 Å². The van der Waals surface area contributed by atoms with Gasteiger partial charge in [0.2, 0.25) is 6.04 Å². The predicted molar refractivity (Wildman–Crippen MR) is 52.4 cm³/mol. The number of carbonyl (C=O) groups excluding carboxylic acids is 1. The SMILES string of the molecule is CCc1noc(COC(=O)C2CC2[N+](=O)[O-])n1. The van der Waals surface area contributed by atoms with E-state index in [4.69, 9.17) is 9.26 Å². The molecule has 1 fully saturated rings. The van der Waals surface area contributed by atoms with Crippen LogP contribution in [0.5, 0.6) is 0 Å². The Morgan fingerprint density at radius 1 is 1.71 bits per heavy atom. The second-order valence-corrected chi connectivity index (χ2v) is 3.76. The number of carbonyl (C=O) groups is 1. The number of aromatic nitrogens is 2. The molecule has 8 heteroatoms. The number of rotatable bonds is 5. The molecule has 1 aromatic heterocycles. The summed E-state index contributed by atoms with van der Waals surface area (Å²) >= 11 is 0. The lowest BCUT2D eigenvalue weighted by Crippen LogP contribution is -2.13. The van der Waals surface area contributed by atoms with E-state index >= 15 is 0 Å². The Hall–Kier alpha value is -1.99. The van der Waals surface area contributed by atoms with Crippen LogP contribution in [-0.2, 0) is 22.6 Å². The van der Waals surface area contributed by atoms with E-state index in [0.717, 1.165) is 0 Å². The Kier molecular flexibility index (Phi) is 3.03. The van der Waals surface area contributed by atoms with Crippen molar-refractivity contribution in [2.45, 2.75) is 32.4 Å². The average molecular weight is 241 g/mol. The van der Waals surface area contributed by atoms with Gasteiger partial charge < -0.3 is 9.26 Å². The zero-order chi connectivity index (χ0) is 12.4. The first-order chi connectivity index (χ1) is 8.11. The van der Waals surface area contributed by atoms with Crippen LogP contribution < -0.4 is 0 Å². The molecule has 1 heterocycles. The molecule has 0 saturated heterocycles. The van der Waals surface area contributed by atoms with Gasteiger partial charge in [0.05, 0.1) is 0 Å². The fourth-order valence-electron chi connectivity index (χ4n) is 1.40. The summed E-state index contributed by atoms with van der Waals surface area (Å²) in [4.78, 5) is 25.2. The van der Waals surface area contributed by atoms with Gasteiger partial charge in [-0.3, -0.25) is 14.9 Å². The number of aryl methyl sites for hydroxylation is 1. The molecule has 0 aliphatic heterocycles. The van der Waals surface area contributed by atoms with E-state index < -0.39 is 22.9 Å². The van der Waals surface area contributed by atoms with Crippen molar-refractivity contribution in [1.29, 1.82) is 0 Å². The lowest BCUT2D eigenvalue weighted by molar-refractivity contribution is -0.497. The fraction of sp³-hybridized carbons (Fsp3) is 0.667. The van der Waals surface area contributed by atoms with Gasteiger partial charge in [-0.2, -0.15) is 4.98 Å². The van der Waals surface area contributed by atoms with Crippen LogP contribution in [0, 0.1) is 16.0 Å². The first kappa shape index (κ1) is 11.5. The first-order valence-corrected chi connectivity index (χ1v) is 5.23. The van der Waals surface area contributed by atoms with Crippen LogP contribution in [-0.4, -0.2) is 27.1 Å². The molecule has 2 rings (SSSR count). The molecule has 1 aliphatic carbocycles. The molecule has 17 heavy (non-hydrogen) atoms. The van der Waals surface area contributed by atoms with Crippen LogP contribution in [0.15, 0.2) is 4.52 Å². The quantitative estimate of drug-likeness (QED) is 0.415. The van der Waals surface area contributed by atoms with Crippen LogP contribution in [0.3, 0.4) is 0 Å². The molecule has 0 amide bonds. The number of nitrogens with zero attached hydrogens (tertiary/aromatic N) is 3. The number of hydrogen-bond acceptors (Lipinski definition) is 7. The topological polar surface area (TPSA) is 108 Å². The number of esters is 1. The predicted octanol–water partition coefficient (Wildman–Crippen LogP) is 0.340. The lowest BCUT2D eigenvalue weighted by Gasteiger charge is -1.98. The largest absolute Gasteiger partial charge is 0.455 e. The Balaban J connectivity index is 1.79. The second kappa shape index (κ2) is 4.48. The van der Waals surface area contributed by atoms with E-state index in [0.29, 0.717) is 12.2 Å². The second-order valence-electron chi connectivity index (χ2n) is 3.76. The molecule has 8 nitrogen and oxygen atoms in total. The van der Waals surface area contributed by atoms with Gasteiger partial charge in [0, 0.05) is 17.8 Å². The molecule has 0 N–H and O–H groups in total. The Bertz CT molecular complexity index is 444. The normalized spacial score (nSPS) is 22.2. The molecule has 2 atom stereocenters. The zero-order valence-corrected chi connectivity index (χ0v) is 9.16. The van der Waals surface area contributed by atoms with Crippen molar-refractivity contribution in [1.82, 2.24) is 10.1 Å². The maximum atomic E-state index is 11.4. The van der Waals surface area contributed by atoms with E-state index in [-0.39, 0.29) is 18.9 Å². The summed E-state index contributed by atoms with van der Waals surface area (Å²) < 4.78 is 9.66. The van der Waals surface area contributed by atoms with E-state index in [1.54, 1.807) is 0 Å². The number of nitro groups is 1. The molecule has 0 aromatic carbocycles. The maximum absolute atomic E-state index is 11.4. The van der Waals surface area contributed by atoms with Gasteiger partial charge >= 0.3 is 5.97 Å². The smallest absolute Gasteiger partial charge is 0.316 e. The highest BCUT2D eigenvalue weighted by Crippen LogP contribution is 2.34. The van der Waals surface area contributed by atoms with Gasteiger partial charge in [0.25, 0.3) is 5.89 Å². The van der Waals surface area contributed by atoms with Crippen LogP contribution in [0.1, 0.15) is 25.1 Å². The van der Waals surface area contributed by atoms with Gasteiger partial charge in [0.1, 0.15) is 5.92 Å². The van der Waals surface area contributed by atoms with Crippen molar-refractivity contribution < 1.29 is 19.0 Å². The van der Waals surface area contributed by atoms with Crippen LogP contribution >= 0.6 is 0 Å². The summed E-state index contributed by atoms with van der Waals surface area (Å²) in [7, 11) is 0. The van der Waals surface area contributed by atoms with Crippen LogP contribution in [0.25, 0.3) is 0 Å². The number of hydrogen-bond donors (Lipinski definition) is 0. The van der Waals surface area contributed by atoms with Gasteiger partial charge in [0.15, 0.2) is 12.4 Å². The van der Waals surface area contributed by atoms with Gasteiger partial charge in [-0.15, -0.1) is 0 Å². The summed E-state index contributed by atoms with van der Waals surface area (Å²) in [6.07, 6.45) is 0.874. The minimum Gasteiger partial charge on any atom is -0.455 e. The van der Waals surface area contributed by atoms with Gasteiger partial charge in [-0.05, 0) is 0 Å². The molecule has 0 bridgehead atoms. The van der Waals surface area contributed by atoms with Crippen molar-refractivity contribution >= 4 is 5.97 Å². The highest BCUT2D eigenvalue weighted by molar-refractivity contribution is 5.76. The fourth-order valence-corrected chi connectivity index (χ4v) is 1.40. The summed E-state index contributed by atoms with van der Waals surface area (Å²) in [5.41, 5.74) is 0. The zero-order valence-electron chi connectivity index (χ0n) is 9.16. The maximum Gasteiger partial charge on any atom is 0.316 e. The molecule has 1 aromatic rings. The van der Waals surface area contributed by atoms with Gasteiger partial charge in [-0.25, -0.2) is 0 Å². The molecule has 0 radical (unpaired) electrons. The van der Waals surface area contributed by atoms with E-state index in [9.17, 15) is 14.9 Å². The highest BCUT2D eigenvalue weighted by Gasteiger charge is 2.54. The highest BCUT2D eigenvalue weighted by atomic mass is 16.6. The Labute approximate surface area is 96.1 Å². The number of ether oxygens (including phenoxy) is 1. The first-order valence-electron chi connectivity index (χ1n) is 5.23. The van der Waals surface area contributed by atoms with Crippen molar-refractivity contribution in [3.63, 3.8) is 0 Å². The van der Waals surface area contributed by atoms with Crippen molar-refractivity contribution in [3.8, 4) is 0 Å². The molecular formula is C9H11N3O5. The van der Waals surface area contributed by atoms with E-state index in [1.807, 2.05) is 6.92 Å². The van der Waals surface area contributed by atoms with Crippen LogP contribution in [0.2, 0.25) is 0 Å². The third-order valence-electron chi connectivity index (χ3n) is 2.49. The summed E-state index contributed by atoms with van der Waals surface area (Å²) in [5.74, 6) is -0.472. The molecule has 1 saturated carbocycles. The minimum atomic E-state index is -0.795. The summed E-state index contributed by atoms with van der Waals surface area (Å²) in [6.45, 7) is 1.74. The molecule has 2 unspecified atom stereocenters. The molecule has 1 aliphatic rings. The molecule has 92 valence electrons. The minimum absolute atomic E-state index is 0.132. The average Bonchev–Trinajstić information content (AvgIpc) is 2.99. The van der Waals surface area contributed by atoms with Crippen LogP contribution in [0.4, 0.5) is 0 Å². The Morgan fingerprint density at radius 3 is 3.00 bits per heavy atom. The lowest BCUT2D eigenvalue weighted by atomic mass is 10.4. The van der Waals surface area contributed by atoms with Gasteiger partial charge in [-0.1, -0.05) is 12.1 Å². The third kappa shape index (κ3) is 2.58. The summed E-state index contributed by atoms with van der Waals surface area (Å²) in [6, 6.07) is -0.795.